The number of hydrogen-bond donors (Lipinski definition) is 3. The van der Waals surface area contributed by atoms with Gasteiger partial charge in [0.25, 0.3) is 5.91 Å². The van der Waals surface area contributed by atoms with Gasteiger partial charge in [-0.1, -0.05) is 31.2 Å². The zero-order valence-corrected chi connectivity index (χ0v) is 18.2. The number of aliphatic hydroxyl groups is 1. The molecular formula is C24H22FN5O4. The molecule has 34 heavy (non-hydrogen) atoms. The molecule has 1 aromatic carbocycles. The Kier molecular flexibility index (Phi) is 5.50. The number of carbonyl (C=O) groups excluding carboxylic acids is 1. The topological polar surface area (TPSA) is 111 Å². The van der Waals surface area contributed by atoms with Crippen LogP contribution in [0.3, 0.4) is 0 Å². The fourth-order valence-corrected chi connectivity index (χ4v) is 3.85. The second kappa shape index (κ2) is 8.64. The lowest BCUT2D eigenvalue weighted by Crippen LogP contribution is -2.55. The van der Waals surface area contributed by atoms with Crippen LogP contribution in [0.25, 0.3) is 5.82 Å². The first-order valence-electron chi connectivity index (χ1n) is 10.7. The smallest absolute Gasteiger partial charge is 0.253 e. The van der Waals surface area contributed by atoms with Gasteiger partial charge in [0.15, 0.2) is 23.1 Å². The van der Waals surface area contributed by atoms with E-state index in [1.807, 2.05) is 6.92 Å². The van der Waals surface area contributed by atoms with Gasteiger partial charge in [-0.25, -0.2) is 9.37 Å². The molecule has 1 amide bonds. The van der Waals surface area contributed by atoms with E-state index in [1.165, 1.54) is 17.0 Å². The summed E-state index contributed by atoms with van der Waals surface area (Å²) in [6.07, 6.45) is 10.6. The summed E-state index contributed by atoms with van der Waals surface area (Å²) in [7, 11) is 0. The lowest BCUT2D eigenvalue weighted by Gasteiger charge is -2.35. The van der Waals surface area contributed by atoms with Crippen LogP contribution in [0, 0.1) is 5.82 Å². The molecule has 10 heteroatoms. The molecule has 0 radical (unpaired) electrons. The molecule has 1 aliphatic carbocycles. The van der Waals surface area contributed by atoms with Crippen molar-refractivity contribution in [3.8, 4) is 17.3 Å². The minimum Gasteiger partial charge on any atom is -0.454 e. The van der Waals surface area contributed by atoms with Gasteiger partial charge in [0.1, 0.15) is 0 Å². The Labute approximate surface area is 194 Å². The van der Waals surface area contributed by atoms with Crippen LogP contribution in [-0.4, -0.2) is 44.0 Å². The van der Waals surface area contributed by atoms with Crippen molar-refractivity contribution in [1.82, 2.24) is 19.9 Å². The Morgan fingerprint density at radius 1 is 1.29 bits per heavy atom. The lowest BCUT2D eigenvalue weighted by atomic mass is 9.85. The number of halogens is 1. The number of nitrogens with one attached hydrogen (secondary N) is 2. The molecule has 0 saturated carbocycles. The second-order valence-corrected chi connectivity index (χ2v) is 7.90. The summed E-state index contributed by atoms with van der Waals surface area (Å²) < 4.78 is 26.6. The number of benzene rings is 1. The zero-order valence-electron chi connectivity index (χ0n) is 18.2. The summed E-state index contributed by atoms with van der Waals surface area (Å²) in [6.45, 7) is 2.04. The van der Waals surface area contributed by atoms with Crippen molar-refractivity contribution in [3.63, 3.8) is 0 Å². The molecule has 0 saturated heterocycles. The van der Waals surface area contributed by atoms with Gasteiger partial charge in [0, 0.05) is 24.1 Å². The van der Waals surface area contributed by atoms with Crippen molar-refractivity contribution < 1.29 is 23.8 Å². The predicted molar refractivity (Wildman–Crippen MR) is 122 cm³/mol. The molecule has 174 valence electrons. The van der Waals surface area contributed by atoms with Gasteiger partial charge in [-0.15, -0.1) is 0 Å². The highest BCUT2D eigenvalue weighted by molar-refractivity contribution is 5.95. The largest absolute Gasteiger partial charge is 0.454 e. The van der Waals surface area contributed by atoms with Crippen molar-refractivity contribution in [1.29, 1.82) is 0 Å². The van der Waals surface area contributed by atoms with Gasteiger partial charge in [-0.3, -0.25) is 4.79 Å². The van der Waals surface area contributed by atoms with Gasteiger partial charge in [-0.2, -0.15) is 4.98 Å². The number of amides is 1. The van der Waals surface area contributed by atoms with Crippen molar-refractivity contribution in [2.75, 3.05) is 12.1 Å². The number of nitrogens with zero attached hydrogens (tertiary/aromatic N) is 3. The number of allylic oxidation sites excluding steroid dienone is 2. The molecule has 2 unspecified atom stereocenters. The highest BCUT2D eigenvalue weighted by atomic mass is 19.1. The highest BCUT2D eigenvalue weighted by Gasteiger charge is 2.35. The first kappa shape index (κ1) is 21.7. The molecule has 9 nitrogen and oxygen atoms in total. The third-order valence-electron chi connectivity index (χ3n) is 5.81. The Morgan fingerprint density at radius 3 is 2.97 bits per heavy atom. The molecule has 0 fully saturated rings. The van der Waals surface area contributed by atoms with Crippen molar-refractivity contribution in [3.05, 3.63) is 78.5 Å². The van der Waals surface area contributed by atoms with E-state index in [2.05, 4.69) is 20.6 Å². The van der Waals surface area contributed by atoms with Crippen LogP contribution in [0.4, 0.5) is 16.0 Å². The van der Waals surface area contributed by atoms with E-state index in [9.17, 15) is 14.3 Å². The van der Waals surface area contributed by atoms with Crippen LogP contribution in [0.1, 0.15) is 23.7 Å². The minimum absolute atomic E-state index is 0.0250. The maximum atomic E-state index is 14.6. The molecule has 2 aromatic heterocycles. The van der Waals surface area contributed by atoms with Crippen LogP contribution in [0.2, 0.25) is 0 Å². The molecule has 1 aliphatic heterocycles. The van der Waals surface area contributed by atoms with E-state index in [-0.39, 0.29) is 18.6 Å². The van der Waals surface area contributed by atoms with Crippen LogP contribution in [0.15, 0.2) is 67.2 Å². The van der Waals surface area contributed by atoms with Gasteiger partial charge >= 0.3 is 0 Å². The standard InChI is InChI=1S/C24H22FN5O4/c1-2-24(9-4-3-5-20(24)31)29-22(32)15-8-10-30(13-15)21-17(25)12-26-23(28-21)27-16-6-7-18-19(11-16)34-14-33-18/h3-13,20,31H,2,14H2,1H3,(H,29,32)(H,26,27,28). The summed E-state index contributed by atoms with van der Waals surface area (Å²) in [5, 5.41) is 16.3. The lowest BCUT2D eigenvalue weighted by molar-refractivity contribution is 0.0789. The Bertz CT molecular complexity index is 1300. The average molecular weight is 463 g/mol. The summed E-state index contributed by atoms with van der Waals surface area (Å²) in [5.41, 5.74) is 0.0363. The number of aromatic nitrogens is 3. The molecular weight excluding hydrogens is 441 g/mol. The highest BCUT2D eigenvalue weighted by Crippen LogP contribution is 2.34. The van der Waals surface area contributed by atoms with E-state index < -0.39 is 23.4 Å². The minimum atomic E-state index is -0.907. The van der Waals surface area contributed by atoms with E-state index in [0.717, 1.165) is 6.20 Å². The molecule has 0 bridgehead atoms. The molecule has 2 atom stereocenters. The van der Waals surface area contributed by atoms with Crippen LogP contribution < -0.4 is 20.1 Å². The number of carbonyl (C=O) groups is 1. The van der Waals surface area contributed by atoms with Gasteiger partial charge in [-0.05, 0) is 24.6 Å². The Morgan fingerprint density at radius 2 is 2.15 bits per heavy atom. The summed E-state index contributed by atoms with van der Waals surface area (Å²) in [5.74, 6) is 0.325. The van der Waals surface area contributed by atoms with Gasteiger partial charge in [0.2, 0.25) is 12.7 Å². The van der Waals surface area contributed by atoms with E-state index in [0.29, 0.717) is 29.2 Å². The second-order valence-electron chi connectivity index (χ2n) is 7.90. The molecule has 2 aliphatic rings. The third kappa shape index (κ3) is 3.99. The van der Waals surface area contributed by atoms with E-state index in [4.69, 9.17) is 9.47 Å². The van der Waals surface area contributed by atoms with E-state index >= 15 is 0 Å². The van der Waals surface area contributed by atoms with Crippen molar-refractivity contribution in [2.24, 2.45) is 0 Å². The predicted octanol–water partition coefficient (Wildman–Crippen LogP) is 3.24. The number of ether oxygens (including phenoxy) is 2. The summed E-state index contributed by atoms with van der Waals surface area (Å²) in [6, 6.07) is 6.81. The van der Waals surface area contributed by atoms with E-state index in [1.54, 1.807) is 48.6 Å². The molecule has 0 spiro atoms. The monoisotopic (exact) mass is 463 g/mol. The quantitative estimate of drug-likeness (QED) is 0.515. The third-order valence-corrected chi connectivity index (χ3v) is 5.81. The van der Waals surface area contributed by atoms with Crippen LogP contribution in [-0.2, 0) is 0 Å². The normalized spacial score (nSPS) is 20.4. The number of hydrogen-bond acceptors (Lipinski definition) is 7. The number of anilines is 2. The maximum Gasteiger partial charge on any atom is 0.253 e. The van der Waals surface area contributed by atoms with Gasteiger partial charge in [0.05, 0.1) is 23.4 Å². The summed E-state index contributed by atoms with van der Waals surface area (Å²) >= 11 is 0. The average Bonchev–Trinajstić information content (AvgIpc) is 3.51. The maximum absolute atomic E-state index is 14.6. The first-order chi connectivity index (χ1) is 16.5. The Balaban J connectivity index is 1.36. The SMILES string of the molecule is CCC1(NC(=O)c2ccn(-c3nc(Nc4ccc5c(c4)OCO5)ncc3F)c2)C=CC=CC1O. The molecule has 3 heterocycles. The van der Waals surface area contributed by atoms with Crippen LogP contribution >= 0.6 is 0 Å². The van der Waals surface area contributed by atoms with Crippen LogP contribution in [0.5, 0.6) is 11.5 Å². The number of aliphatic hydroxyl groups excluding tert-OH is 1. The Hall–Kier alpha value is -4.18. The number of fused-ring (bicyclic) bond motifs is 1. The zero-order chi connectivity index (χ0) is 23.7. The fraction of sp³-hybridized carbons (Fsp3) is 0.208. The fourth-order valence-electron chi connectivity index (χ4n) is 3.85. The molecule has 3 N–H and O–H groups in total. The van der Waals surface area contributed by atoms with Crippen molar-refractivity contribution in [2.45, 2.75) is 25.0 Å². The van der Waals surface area contributed by atoms with Gasteiger partial charge < -0.3 is 29.8 Å². The first-order valence-corrected chi connectivity index (χ1v) is 10.7. The molecule has 5 rings (SSSR count). The number of rotatable bonds is 6. The summed E-state index contributed by atoms with van der Waals surface area (Å²) in [4.78, 5) is 21.2. The molecule has 3 aromatic rings. The van der Waals surface area contributed by atoms with Crippen molar-refractivity contribution >= 4 is 17.5 Å².